The SMILES string of the molecule is c1ccc(COC[C@@H]2O[C@]3(CCC[C@H](c4ccccc4)O3)[C@@H](OCc3ccccc3)[C@H](OCc3ccccc3)[C@H]2OCc2ccccc2)cc1. The minimum Gasteiger partial charge on any atom is -0.374 e. The van der Waals surface area contributed by atoms with E-state index in [1.165, 1.54) is 0 Å². The van der Waals surface area contributed by atoms with Gasteiger partial charge in [-0.05, 0) is 40.7 Å². The summed E-state index contributed by atoms with van der Waals surface area (Å²) in [7, 11) is 0. The van der Waals surface area contributed by atoms with E-state index >= 15 is 0 Å². The van der Waals surface area contributed by atoms with Crippen molar-refractivity contribution >= 4 is 0 Å². The molecule has 0 aliphatic carbocycles. The van der Waals surface area contributed by atoms with Crippen LogP contribution in [0.3, 0.4) is 0 Å². The quantitative estimate of drug-likeness (QED) is 0.118. The number of hydrogen-bond acceptors (Lipinski definition) is 6. The van der Waals surface area contributed by atoms with Gasteiger partial charge in [0.1, 0.15) is 24.4 Å². The predicted molar refractivity (Wildman–Crippen MR) is 193 cm³/mol. The molecule has 5 aromatic carbocycles. The van der Waals surface area contributed by atoms with Gasteiger partial charge < -0.3 is 28.4 Å². The lowest BCUT2D eigenvalue weighted by Crippen LogP contribution is -2.68. The minimum absolute atomic E-state index is 0.157. The lowest BCUT2D eigenvalue weighted by Gasteiger charge is -2.54. The van der Waals surface area contributed by atoms with Crippen LogP contribution in [-0.4, -0.2) is 36.8 Å². The summed E-state index contributed by atoms with van der Waals surface area (Å²) in [6.45, 7) is 1.91. The number of benzene rings is 5. The number of hydrogen-bond donors (Lipinski definition) is 0. The Hall–Kier alpha value is -4.14. The van der Waals surface area contributed by atoms with Gasteiger partial charge in [-0.2, -0.15) is 0 Å². The van der Waals surface area contributed by atoms with Crippen LogP contribution in [-0.2, 0) is 54.8 Å². The largest absolute Gasteiger partial charge is 0.374 e. The van der Waals surface area contributed by atoms with Crippen LogP contribution in [0.4, 0.5) is 0 Å². The predicted octanol–water partition coefficient (Wildman–Crippen LogP) is 9.00. The molecule has 2 aliphatic heterocycles. The Kier molecular flexibility index (Phi) is 11.8. The summed E-state index contributed by atoms with van der Waals surface area (Å²) in [5.74, 6) is -1.09. The molecule has 6 atom stereocenters. The summed E-state index contributed by atoms with van der Waals surface area (Å²) in [6.07, 6.45) is 0.163. The van der Waals surface area contributed by atoms with E-state index in [4.69, 9.17) is 28.4 Å². The monoisotopic (exact) mass is 670 g/mol. The maximum atomic E-state index is 7.21. The second-order valence-electron chi connectivity index (χ2n) is 13.1. The average Bonchev–Trinajstić information content (AvgIpc) is 3.18. The van der Waals surface area contributed by atoms with Gasteiger partial charge in [0, 0.05) is 6.42 Å². The van der Waals surface area contributed by atoms with Gasteiger partial charge in [0.05, 0.1) is 39.1 Å². The van der Waals surface area contributed by atoms with Crippen LogP contribution in [0, 0.1) is 0 Å². The Morgan fingerprint density at radius 3 is 1.50 bits per heavy atom. The first-order chi connectivity index (χ1) is 24.8. The third-order valence-electron chi connectivity index (χ3n) is 9.51. The Morgan fingerprint density at radius 1 is 0.500 bits per heavy atom. The molecule has 50 heavy (non-hydrogen) atoms. The summed E-state index contributed by atoms with van der Waals surface area (Å²) >= 11 is 0. The highest BCUT2D eigenvalue weighted by Gasteiger charge is 2.59. The van der Waals surface area contributed by atoms with E-state index in [9.17, 15) is 0 Å². The molecule has 2 saturated heterocycles. The van der Waals surface area contributed by atoms with E-state index in [-0.39, 0.29) is 6.10 Å². The fourth-order valence-corrected chi connectivity index (χ4v) is 7.01. The Balaban J connectivity index is 1.25. The third-order valence-corrected chi connectivity index (χ3v) is 9.51. The second-order valence-corrected chi connectivity index (χ2v) is 13.1. The summed E-state index contributed by atoms with van der Waals surface area (Å²) in [4.78, 5) is 0. The lowest BCUT2D eigenvalue weighted by molar-refractivity contribution is -0.403. The van der Waals surface area contributed by atoms with Crippen molar-refractivity contribution in [3.05, 3.63) is 179 Å². The lowest BCUT2D eigenvalue weighted by atomic mass is 9.85. The van der Waals surface area contributed by atoms with Crippen LogP contribution in [0.25, 0.3) is 0 Å². The maximum Gasteiger partial charge on any atom is 0.198 e. The average molecular weight is 671 g/mol. The molecular formula is C44H46O6. The van der Waals surface area contributed by atoms with Crippen molar-refractivity contribution in [1.29, 1.82) is 0 Å². The van der Waals surface area contributed by atoms with Gasteiger partial charge in [0.15, 0.2) is 5.79 Å². The zero-order valence-electron chi connectivity index (χ0n) is 28.4. The molecule has 2 heterocycles. The van der Waals surface area contributed by atoms with E-state index in [1.807, 2.05) is 78.9 Å². The number of rotatable bonds is 14. The molecule has 0 unspecified atom stereocenters. The zero-order valence-corrected chi connectivity index (χ0v) is 28.4. The summed E-state index contributed by atoms with van der Waals surface area (Å²) in [5.41, 5.74) is 5.42. The first-order valence-electron chi connectivity index (χ1n) is 17.7. The van der Waals surface area contributed by atoms with Crippen molar-refractivity contribution in [2.45, 2.75) is 82.0 Å². The Morgan fingerprint density at radius 2 is 0.960 bits per heavy atom. The molecule has 258 valence electrons. The minimum atomic E-state index is -1.09. The Labute approximate surface area is 295 Å². The van der Waals surface area contributed by atoms with Gasteiger partial charge in [-0.25, -0.2) is 0 Å². The van der Waals surface area contributed by atoms with E-state index in [0.717, 1.165) is 40.7 Å². The van der Waals surface area contributed by atoms with E-state index < -0.39 is 30.2 Å². The van der Waals surface area contributed by atoms with Crippen molar-refractivity contribution in [2.75, 3.05) is 6.61 Å². The van der Waals surface area contributed by atoms with E-state index in [2.05, 4.69) is 72.8 Å². The first kappa shape index (κ1) is 34.3. The van der Waals surface area contributed by atoms with Crippen LogP contribution in [0.1, 0.15) is 53.2 Å². The van der Waals surface area contributed by atoms with Crippen molar-refractivity contribution in [3.8, 4) is 0 Å². The van der Waals surface area contributed by atoms with Crippen LogP contribution >= 0.6 is 0 Å². The fraction of sp³-hybridized carbons (Fsp3) is 0.318. The molecule has 7 rings (SSSR count). The van der Waals surface area contributed by atoms with Crippen molar-refractivity contribution in [2.24, 2.45) is 0 Å². The fourth-order valence-electron chi connectivity index (χ4n) is 7.01. The van der Waals surface area contributed by atoms with Crippen molar-refractivity contribution in [1.82, 2.24) is 0 Å². The molecule has 0 aromatic heterocycles. The zero-order chi connectivity index (χ0) is 33.9. The summed E-state index contributed by atoms with van der Waals surface area (Å²) in [5, 5.41) is 0. The van der Waals surface area contributed by atoms with Crippen LogP contribution in [0.15, 0.2) is 152 Å². The molecule has 0 bridgehead atoms. The highest BCUT2D eigenvalue weighted by atomic mass is 16.7. The first-order valence-corrected chi connectivity index (χ1v) is 17.7. The topological polar surface area (TPSA) is 55.4 Å². The van der Waals surface area contributed by atoms with Gasteiger partial charge >= 0.3 is 0 Å². The van der Waals surface area contributed by atoms with Crippen molar-refractivity contribution < 1.29 is 28.4 Å². The molecule has 6 nitrogen and oxygen atoms in total. The highest BCUT2D eigenvalue weighted by molar-refractivity contribution is 5.20. The van der Waals surface area contributed by atoms with Gasteiger partial charge in [-0.3, -0.25) is 0 Å². The second kappa shape index (κ2) is 17.2. The molecule has 2 aliphatic rings. The maximum absolute atomic E-state index is 7.21. The molecular weight excluding hydrogens is 624 g/mol. The molecule has 0 radical (unpaired) electrons. The summed E-state index contributed by atoms with van der Waals surface area (Å²) in [6, 6.07) is 51.3. The van der Waals surface area contributed by atoms with E-state index in [1.54, 1.807) is 0 Å². The van der Waals surface area contributed by atoms with Gasteiger partial charge in [-0.15, -0.1) is 0 Å². The third kappa shape index (κ3) is 8.77. The van der Waals surface area contributed by atoms with Gasteiger partial charge in [0.2, 0.25) is 0 Å². The van der Waals surface area contributed by atoms with Gasteiger partial charge in [0.25, 0.3) is 0 Å². The molecule has 0 N–H and O–H groups in total. The molecule has 2 fully saturated rings. The molecule has 0 amide bonds. The van der Waals surface area contributed by atoms with Crippen LogP contribution in [0.2, 0.25) is 0 Å². The molecule has 1 spiro atoms. The smallest absolute Gasteiger partial charge is 0.198 e. The van der Waals surface area contributed by atoms with E-state index in [0.29, 0.717) is 39.5 Å². The van der Waals surface area contributed by atoms with Crippen molar-refractivity contribution in [3.63, 3.8) is 0 Å². The molecule has 0 saturated carbocycles. The standard InChI is InChI=1S/C44H46O6/c1-6-17-34(18-7-1)29-45-33-40-41(46-30-35-19-8-2-9-20-35)42(47-31-36-21-10-3-11-22-36)43(48-32-37-23-12-4-13-24-37)44(50-40)28-16-27-39(49-44)38-25-14-5-15-26-38/h1-15,17-26,39-43H,16,27-33H2/t39-,40+,41+,42-,43+,44-/m1/s1. The molecule has 5 aromatic rings. The van der Waals surface area contributed by atoms with Gasteiger partial charge in [-0.1, -0.05) is 152 Å². The highest BCUT2D eigenvalue weighted by Crippen LogP contribution is 2.47. The Bertz CT molecular complexity index is 1690. The van der Waals surface area contributed by atoms with Crippen LogP contribution in [0.5, 0.6) is 0 Å². The van der Waals surface area contributed by atoms with Crippen LogP contribution < -0.4 is 0 Å². The normalized spacial score (nSPS) is 25.0. The number of ether oxygens (including phenoxy) is 6. The summed E-state index contributed by atoms with van der Waals surface area (Å²) < 4.78 is 41.5. The molecule has 6 heteroatoms.